The molecule has 0 amide bonds. The molecule has 0 radical (unpaired) electrons. The number of hydrogen-bond acceptors (Lipinski definition) is 5. The van der Waals surface area contributed by atoms with Gasteiger partial charge < -0.3 is 14.2 Å². The molecular weight excluding hydrogens is 366 g/mol. The van der Waals surface area contributed by atoms with Gasteiger partial charge in [0.25, 0.3) is 0 Å². The molecule has 0 fully saturated rings. The van der Waals surface area contributed by atoms with Crippen LogP contribution in [0.1, 0.15) is 5.56 Å². The van der Waals surface area contributed by atoms with Crippen molar-refractivity contribution in [2.24, 2.45) is 0 Å². The molecule has 0 saturated carbocycles. The molecule has 0 aliphatic heterocycles. The van der Waals surface area contributed by atoms with Gasteiger partial charge in [0.2, 0.25) is 10.0 Å². The van der Waals surface area contributed by atoms with E-state index in [1.165, 1.54) is 26.4 Å². The summed E-state index contributed by atoms with van der Waals surface area (Å²) >= 11 is 6.04. The molecule has 1 N–H and O–H groups in total. The van der Waals surface area contributed by atoms with Crippen LogP contribution >= 0.6 is 11.6 Å². The van der Waals surface area contributed by atoms with Crippen molar-refractivity contribution in [3.63, 3.8) is 0 Å². The number of benzene rings is 2. The highest BCUT2D eigenvalue weighted by Crippen LogP contribution is 2.28. The van der Waals surface area contributed by atoms with E-state index in [0.717, 1.165) is 5.56 Å². The second-order valence-corrected chi connectivity index (χ2v) is 7.34. The number of ether oxygens (including phenoxy) is 3. The first-order chi connectivity index (χ1) is 11.9. The van der Waals surface area contributed by atoms with Crippen molar-refractivity contribution < 1.29 is 22.6 Å². The molecule has 0 spiro atoms. The summed E-state index contributed by atoms with van der Waals surface area (Å²) in [6, 6.07) is 9.89. The standard InChI is InChI=1S/C17H20ClNO5S/c1-12-4-6-14(18)15(10-12)24-9-8-19-25(20,21)17-7-5-13(22-2)11-16(17)23-3/h4-7,10-11,19H,8-9H2,1-3H3. The third-order valence-electron chi connectivity index (χ3n) is 3.40. The van der Waals surface area contributed by atoms with Crippen molar-refractivity contribution in [2.45, 2.75) is 11.8 Å². The van der Waals surface area contributed by atoms with Gasteiger partial charge in [-0.15, -0.1) is 0 Å². The van der Waals surface area contributed by atoms with E-state index in [-0.39, 0.29) is 23.8 Å². The Labute approximate surface area is 152 Å². The zero-order chi connectivity index (χ0) is 18.4. The lowest BCUT2D eigenvalue weighted by atomic mass is 10.2. The Balaban J connectivity index is 2.01. The van der Waals surface area contributed by atoms with Crippen LogP contribution in [0.15, 0.2) is 41.3 Å². The fraction of sp³-hybridized carbons (Fsp3) is 0.294. The van der Waals surface area contributed by atoms with E-state index in [9.17, 15) is 8.42 Å². The van der Waals surface area contributed by atoms with Crippen molar-refractivity contribution in [2.75, 3.05) is 27.4 Å². The highest BCUT2D eigenvalue weighted by atomic mass is 35.5. The predicted octanol–water partition coefficient (Wildman–Crippen LogP) is 3.02. The molecule has 8 heteroatoms. The van der Waals surface area contributed by atoms with Gasteiger partial charge in [0.05, 0.1) is 19.2 Å². The largest absolute Gasteiger partial charge is 0.497 e. The predicted molar refractivity (Wildman–Crippen MR) is 96.4 cm³/mol. The first kappa shape index (κ1) is 19.4. The molecule has 0 heterocycles. The van der Waals surface area contributed by atoms with Crippen LogP contribution in [0.4, 0.5) is 0 Å². The van der Waals surface area contributed by atoms with Gasteiger partial charge in [-0.25, -0.2) is 13.1 Å². The average Bonchev–Trinajstić information content (AvgIpc) is 2.60. The number of halogens is 1. The first-order valence-corrected chi connectivity index (χ1v) is 9.34. The maximum Gasteiger partial charge on any atom is 0.244 e. The van der Waals surface area contributed by atoms with Crippen LogP contribution in [0.25, 0.3) is 0 Å². The lowest BCUT2D eigenvalue weighted by Crippen LogP contribution is -2.28. The minimum Gasteiger partial charge on any atom is -0.497 e. The number of sulfonamides is 1. The van der Waals surface area contributed by atoms with E-state index in [1.807, 2.05) is 13.0 Å². The Morgan fingerprint density at radius 1 is 1.04 bits per heavy atom. The molecular formula is C17H20ClNO5S. The molecule has 0 bridgehead atoms. The summed E-state index contributed by atoms with van der Waals surface area (Å²) in [6.45, 7) is 2.14. The third-order valence-corrected chi connectivity index (χ3v) is 5.21. The van der Waals surface area contributed by atoms with Gasteiger partial charge in [-0.05, 0) is 36.8 Å². The zero-order valence-electron chi connectivity index (χ0n) is 14.2. The van der Waals surface area contributed by atoms with Gasteiger partial charge in [-0.1, -0.05) is 17.7 Å². The summed E-state index contributed by atoms with van der Waals surface area (Å²) in [7, 11) is -0.850. The van der Waals surface area contributed by atoms with Crippen LogP contribution < -0.4 is 18.9 Å². The number of rotatable bonds is 8. The molecule has 0 aromatic heterocycles. The summed E-state index contributed by atoms with van der Waals surface area (Å²) in [5, 5.41) is 0.477. The molecule has 2 rings (SSSR count). The molecule has 6 nitrogen and oxygen atoms in total. The monoisotopic (exact) mass is 385 g/mol. The Hall–Kier alpha value is -1.96. The van der Waals surface area contributed by atoms with Crippen molar-refractivity contribution >= 4 is 21.6 Å². The zero-order valence-corrected chi connectivity index (χ0v) is 15.8. The number of hydrogen-bond donors (Lipinski definition) is 1. The van der Waals surface area contributed by atoms with Crippen LogP contribution in [-0.2, 0) is 10.0 Å². The number of nitrogens with one attached hydrogen (secondary N) is 1. The van der Waals surface area contributed by atoms with Gasteiger partial charge in [-0.2, -0.15) is 0 Å². The Morgan fingerprint density at radius 2 is 1.80 bits per heavy atom. The quantitative estimate of drug-likeness (QED) is 0.707. The molecule has 25 heavy (non-hydrogen) atoms. The fourth-order valence-electron chi connectivity index (χ4n) is 2.13. The lowest BCUT2D eigenvalue weighted by Gasteiger charge is -2.13. The van der Waals surface area contributed by atoms with E-state index in [2.05, 4.69) is 4.72 Å². The summed E-state index contributed by atoms with van der Waals surface area (Å²) in [5.41, 5.74) is 1.00. The Bertz CT molecular complexity index is 839. The maximum atomic E-state index is 12.4. The molecule has 0 atom stereocenters. The van der Waals surface area contributed by atoms with Crippen LogP contribution in [0.5, 0.6) is 17.2 Å². The van der Waals surface area contributed by atoms with Crippen molar-refractivity contribution in [1.29, 1.82) is 0 Å². The van der Waals surface area contributed by atoms with Gasteiger partial charge >= 0.3 is 0 Å². The second kappa shape index (κ2) is 8.42. The maximum absolute atomic E-state index is 12.4. The normalized spacial score (nSPS) is 11.2. The SMILES string of the molecule is COc1ccc(S(=O)(=O)NCCOc2cc(C)ccc2Cl)c(OC)c1. The van der Waals surface area contributed by atoms with Crippen LogP contribution in [0.3, 0.4) is 0 Å². The topological polar surface area (TPSA) is 73.9 Å². The molecule has 0 aliphatic rings. The van der Waals surface area contributed by atoms with Gasteiger partial charge in [-0.3, -0.25) is 0 Å². The molecule has 2 aromatic carbocycles. The van der Waals surface area contributed by atoms with Crippen LogP contribution in [0.2, 0.25) is 5.02 Å². The molecule has 0 unspecified atom stereocenters. The number of aryl methyl sites for hydroxylation is 1. The molecule has 136 valence electrons. The Morgan fingerprint density at radius 3 is 2.48 bits per heavy atom. The molecule has 0 aliphatic carbocycles. The van der Waals surface area contributed by atoms with Gasteiger partial charge in [0.1, 0.15) is 28.8 Å². The summed E-state index contributed by atoms with van der Waals surface area (Å²) in [4.78, 5) is 0.0318. The van der Waals surface area contributed by atoms with Crippen LogP contribution in [0, 0.1) is 6.92 Å². The highest BCUT2D eigenvalue weighted by Gasteiger charge is 2.19. The van der Waals surface area contributed by atoms with Crippen LogP contribution in [-0.4, -0.2) is 35.8 Å². The first-order valence-electron chi connectivity index (χ1n) is 7.48. The summed E-state index contributed by atoms with van der Waals surface area (Å²) in [5.74, 6) is 1.23. The van der Waals surface area contributed by atoms with Crippen molar-refractivity contribution in [1.82, 2.24) is 4.72 Å². The lowest BCUT2D eigenvalue weighted by molar-refractivity contribution is 0.322. The van der Waals surface area contributed by atoms with E-state index < -0.39 is 10.0 Å². The Kier molecular flexibility index (Phi) is 6.52. The average molecular weight is 386 g/mol. The summed E-state index contributed by atoms with van der Waals surface area (Å²) < 4.78 is 43.1. The van der Waals surface area contributed by atoms with E-state index in [0.29, 0.717) is 16.5 Å². The van der Waals surface area contributed by atoms with E-state index in [1.54, 1.807) is 18.2 Å². The van der Waals surface area contributed by atoms with E-state index >= 15 is 0 Å². The second-order valence-electron chi connectivity index (χ2n) is 5.20. The smallest absolute Gasteiger partial charge is 0.244 e. The fourth-order valence-corrected chi connectivity index (χ4v) is 3.47. The van der Waals surface area contributed by atoms with Crippen molar-refractivity contribution in [3.8, 4) is 17.2 Å². The van der Waals surface area contributed by atoms with Gasteiger partial charge in [0.15, 0.2) is 0 Å². The summed E-state index contributed by atoms with van der Waals surface area (Å²) in [6.07, 6.45) is 0. The highest BCUT2D eigenvalue weighted by molar-refractivity contribution is 7.89. The van der Waals surface area contributed by atoms with Gasteiger partial charge in [0, 0.05) is 12.6 Å². The number of methoxy groups -OCH3 is 2. The molecule has 0 saturated heterocycles. The minimum atomic E-state index is -3.74. The van der Waals surface area contributed by atoms with E-state index in [4.69, 9.17) is 25.8 Å². The molecule has 2 aromatic rings. The minimum absolute atomic E-state index is 0.0318. The third kappa shape index (κ3) is 5.01. The van der Waals surface area contributed by atoms with Crippen molar-refractivity contribution in [3.05, 3.63) is 47.0 Å².